The van der Waals surface area contributed by atoms with Crippen LogP contribution in [-0.2, 0) is 6.61 Å². The van der Waals surface area contributed by atoms with Crippen molar-refractivity contribution in [3.63, 3.8) is 0 Å². The molecule has 0 aliphatic rings. The van der Waals surface area contributed by atoms with Crippen LogP contribution in [0.25, 0.3) is 17.2 Å². The van der Waals surface area contributed by atoms with E-state index in [1.165, 1.54) is 22.6 Å². The van der Waals surface area contributed by atoms with Crippen molar-refractivity contribution in [3.8, 4) is 11.1 Å². The summed E-state index contributed by atoms with van der Waals surface area (Å²) in [4.78, 5) is 2.33. The molecule has 0 aliphatic carbocycles. The zero-order valence-electron chi connectivity index (χ0n) is 12.9. The summed E-state index contributed by atoms with van der Waals surface area (Å²) < 4.78 is 13.2. The molecule has 0 aliphatic heterocycles. The SMILES string of the molecule is CC(C)=Cc1sc(C(C)C)c(CO)c1-c1ccc(F)cc1. The smallest absolute Gasteiger partial charge is 0.123 e. The van der Waals surface area contributed by atoms with E-state index in [0.717, 1.165) is 21.6 Å². The summed E-state index contributed by atoms with van der Waals surface area (Å²) >= 11 is 1.72. The van der Waals surface area contributed by atoms with Crippen LogP contribution in [0.2, 0.25) is 0 Å². The van der Waals surface area contributed by atoms with Gasteiger partial charge in [0.25, 0.3) is 0 Å². The van der Waals surface area contributed by atoms with Gasteiger partial charge in [-0.15, -0.1) is 11.3 Å². The molecule has 21 heavy (non-hydrogen) atoms. The summed E-state index contributed by atoms with van der Waals surface area (Å²) in [7, 11) is 0. The Bertz CT molecular complexity index is 647. The van der Waals surface area contributed by atoms with Crippen molar-refractivity contribution in [2.75, 3.05) is 0 Å². The molecule has 2 aromatic rings. The molecule has 1 aromatic heterocycles. The first-order valence-electron chi connectivity index (χ1n) is 7.11. The summed E-state index contributed by atoms with van der Waals surface area (Å²) in [5.74, 6) is 0.114. The topological polar surface area (TPSA) is 20.2 Å². The van der Waals surface area contributed by atoms with E-state index in [4.69, 9.17) is 0 Å². The first kappa shape index (κ1) is 15.9. The molecule has 1 heterocycles. The van der Waals surface area contributed by atoms with E-state index in [0.29, 0.717) is 5.92 Å². The summed E-state index contributed by atoms with van der Waals surface area (Å²) in [6.45, 7) is 8.38. The maximum Gasteiger partial charge on any atom is 0.123 e. The molecule has 0 bridgehead atoms. The second-order valence-corrected chi connectivity index (χ2v) is 6.81. The van der Waals surface area contributed by atoms with Gasteiger partial charge in [0.1, 0.15) is 5.82 Å². The van der Waals surface area contributed by atoms with Gasteiger partial charge in [-0.2, -0.15) is 0 Å². The molecule has 0 radical (unpaired) electrons. The molecule has 112 valence electrons. The van der Waals surface area contributed by atoms with Crippen molar-refractivity contribution in [1.29, 1.82) is 0 Å². The van der Waals surface area contributed by atoms with Gasteiger partial charge < -0.3 is 5.11 Å². The first-order chi connectivity index (χ1) is 9.93. The lowest BCUT2D eigenvalue weighted by molar-refractivity contribution is 0.281. The van der Waals surface area contributed by atoms with E-state index in [2.05, 4.69) is 33.8 Å². The Balaban J connectivity index is 2.71. The average Bonchev–Trinajstić information content (AvgIpc) is 2.77. The van der Waals surface area contributed by atoms with Crippen LogP contribution in [-0.4, -0.2) is 5.11 Å². The molecule has 1 aromatic carbocycles. The second-order valence-electron chi connectivity index (χ2n) is 5.73. The van der Waals surface area contributed by atoms with Gasteiger partial charge in [0, 0.05) is 20.9 Å². The molecular formula is C18H21FOS. The number of thiophene rings is 1. The zero-order valence-corrected chi connectivity index (χ0v) is 13.7. The van der Waals surface area contributed by atoms with E-state index in [1.54, 1.807) is 23.5 Å². The summed E-state index contributed by atoms with van der Waals surface area (Å²) in [5.41, 5.74) is 4.16. The van der Waals surface area contributed by atoms with Crippen molar-refractivity contribution >= 4 is 17.4 Å². The van der Waals surface area contributed by atoms with Crippen molar-refractivity contribution in [1.82, 2.24) is 0 Å². The van der Waals surface area contributed by atoms with Crippen LogP contribution in [0, 0.1) is 5.82 Å². The normalized spacial score (nSPS) is 11.0. The molecule has 0 unspecified atom stereocenters. The van der Waals surface area contributed by atoms with E-state index in [9.17, 15) is 9.50 Å². The predicted molar refractivity (Wildman–Crippen MR) is 89.0 cm³/mol. The van der Waals surface area contributed by atoms with Gasteiger partial charge in [-0.3, -0.25) is 0 Å². The van der Waals surface area contributed by atoms with Crippen molar-refractivity contribution in [3.05, 3.63) is 51.0 Å². The molecule has 0 atom stereocenters. The molecule has 0 fully saturated rings. The van der Waals surface area contributed by atoms with Gasteiger partial charge in [-0.05, 0) is 43.5 Å². The van der Waals surface area contributed by atoms with E-state index in [-0.39, 0.29) is 12.4 Å². The largest absolute Gasteiger partial charge is 0.392 e. The molecular weight excluding hydrogens is 283 g/mol. The van der Waals surface area contributed by atoms with Crippen molar-refractivity contribution in [2.24, 2.45) is 0 Å². The van der Waals surface area contributed by atoms with Gasteiger partial charge in [-0.1, -0.05) is 31.6 Å². The van der Waals surface area contributed by atoms with Gasteiger partial charge in [-0.25, -0.2) is 4.39 Å². The second kappa shape index (κ2) is 6.54. The minimum atomic E-state index is -0.243. The van der Waals surface area contributed by atoms with Crippen LogP contribution in [0.3, 0.4) is 0 Å². The van der Waals surface area contributed by atoms with E-state index in [1.807, 2.05) is 0 Å². The highest BCUT2D eigenvalue weighted by Crippen LogP contribution is 2.41. The fraction of sp³-hybridized carbons (Fsp3) is 0.333. The standard InChI is InChI=1S/C18H21FOS/c1-11(2)9-16-17(13-5-7-14(19)8-6-13)15(10-20)18(21-16)12(3)4/h5-9,12,20H,10H2,1-4H3. The number of benzene rings is 1. The molecule has 0 saturated carbocycles. The number of rotatable bonds is 4. The lowest BCUT2D eigenvalue weighted by Gasteiger charge is -2.08. The third kappa shape index (κ3) is 3.42. The molecule has 0 amide bonds. The predicted octanol–water partition coefficient (Wildman–Crippen LogP) is 5.59. The fourth-order valence-electron chi connectivity index (χ4n) is 2.42. The van der Waals surface area contributed by atoms with Crippen LogP contribution in [0.4, 0.5) is 4.39 Å². The van der Waals surface area contributed by atoms with Crippen LogP contribution in [0.15, 0.2) is 29.8 Å². The molecule has 0 spiro atoms. The third-order valence-electron chi connectivity index (χ3n) is 3.30. The van der Waals surface area contributed by atoms with Gasteiger partial charge in [0.2, 0.25) is 0 Å². The minimum Gasteiger partial charge on any atom is -0.392 e. The first-order valence-corrected chi connectivity index (χ1v) is 7.93. The molecule has 0 saturated heterocycles. The summed E-state index contributed by atoms with van der Waals surface area (Å²) in [5, 5.41) is 9.82. The van der Waals surface area contributed by atoms with Gasteiger partial charge in [0.15, 0.2) is 0 Å². The Morgan fingerprint density at radius 2 is 1.86 bits per heavy atom. The van der Waals surface area contributed by atoms with Crippen LogP contribution >= 0.6 is 11.3 Å². The van der Waals surface area contributed by atoms with Crippen molar-refractivity contribution in [2.45, 2.75) is 40.2 Å². The highest BCUT2D eigenvalue weighted by atomic mass is 32.1. The Morgan fingerprint density at radius 1 is 1.24 bits per heavy atom. The van der Waals surface area contributed by atoms with Crippen LogP contribution in [0.5, 0.6) is 0 Å². The van der Waals surface area contributed by atoms with Gasteiger partial charge >= 0.3 is 0 Å². The fourth-order valence-corrected chi connectivity index (χ4v) is 3.82. The average molecular weight is 304 g/mol. The molecule has 1 nitrogen and oxygen atoms in total. The monoisotopic (exact) mass is 304 g/mol. The lowest BCUT2D eigenvalue weighted by atomic mass is 9.97. The number of hydrogen-bond donors (Lipinski definition) is 1. The highest BCUT2D eigenvalue weighted by molar-refractivity contribution is 7.13. The van der Waals surface area contributed by atoms with Crippen molar-refractivity contribution < 1.29 is 9.50 Å². The highest BCUT2D eigenvalue weighted by Gasteiger charge is 2.19. The van der Waals surface area contributed by atoms with E-state index >= 15 is 0 Å². The van der Waals surface area contributed by atoms with Crippen LogP contribution in [0.1, 0.15) is 48.9 Å². The minimum absolute atomic E-state index is 0.00727. The van der Waals surface area contributed by atoms with E-state index < -0.39 is 0 Å². The number of aliphatic hydroxyl groups is 1. The Labute approximate surface area is 129 Å². The quantitative estimate of drug-likeness (QED) is 0.780. The number of allylic oxidation sites excluding steroid dienone is 1. The zero-order chi connectivity index (χ0) is 15.6. The maximum atomic E-state index is 13.2. The Kier molecular flexibility index (Phi) is 4.96. The maximum absolute atomic E-state index is 13.2. The van der Waals surface area contributed by atoms with Gasteiger partial charge in [0.05, 0.1) is 6.61 Å². The summed E-state index contributed by atoms with van der Waals surface area (Å²) in [6, 6.07) is 6.50. The summed E-state index contributed by atoms with van der Waals surface area (Å²) in [6.07, 6.45) is 2.13. The molecule has 1 N–H and O–H groups in total. The Morgan fingerprint density at radius 3 is 2.33 bits per heavy atom. The van der Waals surface area contributed by atoms with Crippen LogP contribution < -0.4 is 0 Å². The number of aliphatic hydroxyl groups excluding tert-OH is 1. The lowest BCUT2D eigenvalue weighted by Crippen LogP contribution is -1.93. The Hall–Kier alpha value is -1.45. The molecule has 2 rings (SSSR count). The number of hydrogen-bond acceptors (Lipinski definition) is 2. The number of halogens is 1. The third-order valence-corrected chi connectivity index (χ3v) is 4.78. The molecule has 3 heteroatoms.